The monoisotopic (exact) mass is 377 g/mol. The molecule has 6 heteroatoms. The number of thioether (sulfide) groups is 1. The highest BCUT2D eigenvalue weighted by Gasteiger charge is 2.32. The van der Waals surface area contributed by atoms with E-state index < -0.39 is 0 Å². The molecule has 2 aromatic rings. The molecule has 1 saturated heterocycles. The van der Waals surface area contributed by atoms with Gasteiger partial charge in [0.15, 0.2) is 11.8 Å². The highest BCUT2D eigenvalue weighted by atomic mass is 32.2. The Morgan fingerprint density at radius 3 is 2.78 bits per heavy atom. The summed E-state index contributed by atoms with van der Waals surface area (Å²) in [7, 11) is 0. The maximum atomic E-state index is 12.8. The fourth-order valence-electron chi connectivity index (χ4n) is 2.59. The quantitative estimate of drug-likeness (QED) is 0.690. The largest absolute Gasteiger partial charge is 0.479 e. The number of hydrogen-bond acceptors (Lipinski definition) is 5. The number of amides is 1. The predicted molar refractivity (Wildman–Crippen MR) is 109 cm³/mol. The lowest BCUT2D eigenvalue weighted by molar-refractivity contribution is -0.122. The van der Waals surface area contributed by atoms with Crippen LogP contribution in [0.4, 0.5) is 5.69 Å². The van der Waals surface area contributed by atoms with Gasteiger partial charge in [0.25, 0.3) is 5.91 Å². The lowest BCUT2D eigenvalue weighted by Crippen LogP contribution is -2.29. The summed E-state index contributed by atoms with van der Waals surface area (Å²) in [4.78, 5) is 19.8. The van der Waals surface area contributed by atoms with Crippen LogP contribution in [-0.2, 0) is 4.79 Å². The van der Waals surface area contributed by atoms with Gasteiger partial charge in [-0.3, -0.25) is 9.69 Å². The van der Waals surface area contributed by atoms with Crippen molar-refractivity contribution >= 4 is 34.6 Å². The standard InChI is InChI=1S/C21H19N3O2S/c1-2-12-24-20(25)19(27-21(24)23-17-8-4-3-5-9-17)15-16-7-6-10-18(14-16)26-13-11-22/h3-10,14-15H,2,12-13H2,1H3/b19-15+,23-21?. The lowest BCUT2D eigenvalue weighted by Gasteiger charge is -2.13. The zero-order chi connectivity index (χ0) is 19.1. The van der Waals surface area contributed by atoms with Gasteiger partial charge in [0.1, 0.15) is 11.8 Å². The average Bonchev–Trinajstić information content (AvgIpc) is 2.97. The second kappa shape index (κ2) is 9.06. The van der Waals surface area contributed by atoms with Gasteiger partial charge in [-0.05, 0) is 54.1 Å². The summed E-state index contributed by atoms with van der Waals surface area (Å²) in [6, 6.07) is 18.9. The van der Waals surface area contributed by atoms with Crippen LogP contribution in [0, 0.1) is 11.3 Å². The average molecular weight is 377 g/mol. The van der Waals surface area contributed by atoms with E-state index in [4.69, 9.17) is 10.00 Å². The van der Waals surface area contributed by atoms with Crippen molar-refractivity contribution in [2.75, 3.05) is 13.2 Å². The summed E-state index contributed by atoms with van der Waals surface area (Å²) in [5.74, 6) is 0.560. The molecular weight excluding hydrogens is 358 g/mol. The van der Waals surface area contributed by atoms with Crippen molar-refractivity contribution in [2.45, 2.75) is 13.3 Å². The molecule has 0 bridgehead atoms. The minimum atomic E-state index is -0.0418. The second-order valence-electron chi connectivity index (χ2n) is 5.82. The van der Waals surface area contributed by atoms with Crippen molar-refractivity contribution in [2.24, 2.45) is 4.99 Å². The van der Waals surface area contributed by atoms with E-state index in [2.05, 4.69) is 4.99 Å². The number of carbonyl (C=O) groups is 1. The number of aliphatic imine (C=N–C) groups is 1. The first-order valence-corrected chi connectivity index (χ1v) is 9.48. The third-order valence-corrected chi connectivity index (χ3v) is 4.78. The van der Waals surface area contributed by atoms with Crippen LogP contribution >= 0.6 is 11.8 Å². The van der Waals surface area contributed by atoms with Gasteiger partial charge < -0.3 is 4.74 Å². The molecular formula is C21H19N3O2S. The van der Waals surface area contributed by atoms with Crippen molar-refractivity contribution in [3.8, 4) is 11.8 Å². The van der Waals surface area contributed by atoms with Crippen molar-refractivity contribution in [3.05, 3.63) is 65.1 Å². The molecule has 1 aliphatic rings. The van der Waals surface area contributed by atoms with Crippen LogP contribution in [0.2, 0.25) is 0 Å². The molecule has 5 nitrogen and oxygen atoms in total. The third kappa shape index (κ3) is 4.78. The van der Waals surface area contributed by atoms with Gasteiger partial charge in [0.2, 0.25) is 0 Å². The molecule has 0 aromatic heterocycles. The van der Waals surface area contributed by atoms with E-state index >= 15 is 0 Å². The Labute approximate surface area is 163 Å². The van der Waals surface area contributed by atoms with Crippen LogP contribution in [-0.4, -0.2) is 29.1 Å². The molecule has 2 aromatic carbocycles. The number of ether oxygens (including phenoxy) is 1. The highest BCUT2D eigenvalue weighted by molar-refractivity contribution is 8.18. The topological polar surface area (TPSA) is 65.7 Å². The van der Waals surface area contributed by atoms with Gasteiger partial charge in [-0.15, -0.1) is 0 Å². The minimum absolute atomic E-state index is 0.00807. The first-order chi connectivity index (χ1) is 13.2. The number of nitrogens with zero attached hydrogens (tertiary/aromatic N) is 3. The second-order valence-corrected chi connectivity index (χ2v) is 6.83. The number of hydrogen-bond donors (Lipinski definition) is 0. The first kappa shape index (κ1) is 18.7. The lowest BCUT2D eigenvalue weighted by atomic mass is 10.2. The van der Waals surface area contributed by atoms with Gasteiger partial charge in [0.05, 0.1) is 10.6 Å². The van der Waals surface area contributed by atoms with Crippen LogP contribution < -0.4 is 4.74 Å². The maximum Gasteiger partial charge on any atom is 0.266 e. The Kier molecular flexibility index (Phi) is 6.29. The summed E-state index contributed by atoms with van der Waals surface area (Å²) in [6.07, 6.45) is 2.69. The van der Waals surface area contributed by atoms with E-state index in [1.165, 1.54) is 11.8 Å². The number of carbonyl (C=O) groups excluding carboxylic acids is 1. The number of rotatable bonds is 6. The molecule has 0 atom stereocenters. The molecule has 27 heavy (non-hydrogen) atoms. The Hall–Kier alpha value is -3.04. The molecule has 0 spiro atoms. The van der Waals surface area contributed by atoms with Crippen LogP contribution in [0.25, 0.3) is 6.08 Å². The molecule has 1 fully saturated rings. The fourth-order valence-corrected chi connectivity index (χ4v) is 3.61. The van der Waals surface area contributed by atoms with Crippen molar-refractivity contribution in [1.29, 1.82) is 5.26 Å². The van der Waals surface area contributed by atoms with Crippen LogP contribution in [0.3, 0.4) is 0 Å². The van der Waals surface area contributed by atoms with Crippen molar-refractivity contribution < 1.29 is 9.53 Å². The summed E-state index contributed by atoms with van der Waals surface area (Å²) in [6.45, 7) is 2.65. The Balaban J connectivity index is 1.88. The van der Waals surface area contributed by atoms with Crippen LogP contribution in [0.15, 0.2) is 64.5 Å². The van der Waals surface area contributed by atoms with E-state index in [1.54, 1.807) is 11.0 Å². The minimum Gasteiger partial charge on any atom is -0.479 e. The van der Waals surface area contributed by atoms with E-state index in [9.17, 15) is 4.79 Å². The van der Waals surface area contributed by atoms with Crippen molar-refractivity contribution in [1.82, 2.24) is 4.90 Å². The van der Waals surface area contributed by atoms with Gasteiger partial charge in [-0.1, -0.05) is 37.3 Å². The van der Waals surface area contributed by atoms with Crippen LogP contribution in [0.1, 0.15) is 18.9 Å². The van der Waals surface area contributed by atoms with E-state index in [0.29, 0.717) is 22.4 Å². The number of para-hydroxylation sites is 1. The Morgan fingerprint density at radius 1 is 1.22 bits per heavy atom. The van der Waals surface area contributed by atoms with Gasteiger partial charge >= 0.3 is 0 Å². The zero-order valence-corrected chi connectivity index (χ0v) is 15.8. The van der Waals surface area contributed by atoms with Crippen LogP contribution in [0.5, 0.6) is 5.75 Å². The summed E-state index contributed by atoms with van der Waals surface area (Å²) in [5, 5.41) is 9.33. The van der Waals surface area contributed by atoms with E-state index in [0.717, 1.165) is 17.7 Å². The molecule has 0 N–H and O–H groups in total. The predicted octanol–water partition coefficient (Wildman–Crippen LogP) is 4.60. The molecule has 3 rings (SSSR count). The smallest absolute Gasteiger partial charge is 0.266 e. The number of nitriles is 1. The van der Waals surface area contributed by atoms with Crippen molar-refractivity contribution in [3.63, 3.8) is 0 Å². The molecule has 1 heterocycles. The first-order valence-electron chi connectivity index (χ1n) is 8.66. The maximum absolute atomic E-state index is 12.8. The molecule has 1 amide bonds. The summed E-state index contributed by atoms with van der Waals surface area (Å²) < 4.78 is 5.33. The SMILES string of the molecule is CCCN1C(=O)/C(=C\c2cccc(OCC#N)c2)SC1=Nc1ccccc1. The van der Waals surface area contributed by atoms with Gasteiger partial charge in [-0.2, -0.15) is 5.26 Å². The molecule has 0 radical (unpaired) electrons. The van der Waals surface area contributed by atoms with Gasteiger partial charge in [0, 0.05) is 6.54 Å². The zero-order valence-electron chi connectivity index (χ0n) is 15.0. The molecule has 136 valence electrons. The summed E-state index contributed by atoms with van der Waals surface area (Å²) in [5.41, 5.74) is 1.67. The molecule has 0 unspecified atom stereocenters. The molecule has 0 aliphatic carbocycles. The molecule has 0 saturated carbocycles. The Bertz CT molecular complexity index is 917. The van der Waals surface area contributed by atoms with E-state index in [1.807, 2.05) is 67.6 Å². The fraction of sp³-hybridized carbons (Fsp3) is 0.190. The highest BCUT2D eigenvalue weighted by Crippen LogP contribution is 2.34. The molecule has 1 aliphatic heterocycles. The number of benzene rings is 2. The van der Waals surface area contributed by atoms with E-state index in [-0.39, 0.29) is 12.5 Å². The summed E-state index contributed by atoms with van der Waals surface area (Å²) >= 11 is 1.37. The third-order valence-electron chi connectivity index (χ3n) is 3.78. The number of amidine groups is 1. The van der Waals surface area contributed by atoms with Gasteiger partial charge in [-0.25, -0.2) is 4.99 Å². The Morgan fingerprint density at radius 2 is 2.04 bits per heavy atom. The normalized spacial score (nSPS) is 16.7.